The summed E-state index contributed by atoms with van der Waals surface area (Å²) in [4.78, 5) is 10.1. The molecule has 2 aromatic heterocycles. The number of benzene rings is 1. The molecule has 0 spiro atoms. The summed E-state index contributed by atoms with van der Waals surface area (Å²) in [6.07, 6.45) is 6.65. The van der Waals surface area contributed by atoms with Gasteiger partial charge in [-0.1, -0.05) is 30.3 Å². The highest BCUT2D eigenvalue weighted by Gasteiger charge is 2.39. The number of piperidine rings is 1. The Morgan fingerprint density at radius 1 is 1.19 bits per heavy atom. The minimum Gasteiger partial charge on any atom is -0.346 e. The second-order valence-corrected chi connectivity index (χ2v) is 11.0. The van der Waals surface area contributed by atoms with Crippen LogP contribution in [0.4, 0.5) is 5.69 Å². The third kappa shape index (κ3) is 4.13. The van der Waals surface area contributed by atoms with E-state index < -0.39 is 10.0 Å². The molecule has 0 amide bonds. The highest BCUT2D eigenvalue weighted by atomic mass is 32.2. The topological polar surface area (TPSA) is 84.6 Å². The molecule has 0 aliphatic carbocycles. The number of anilines is 1. The zero-order chi connectivity index (χ0) is 22.3. The lowest BCUT2D eigenvalue weighted by Crippen LogP contribution is -2.55. The van der Waals surface area contributed by atoms with Crippen LogP contribution >= 0.6 is 0 Å². The third-order valence-corrected chi connectivity index (χ3v) is 8.07. The number of rotatable bonds is 6. The first-order valence-corrected chi connectivity index (χ1v) is 12.9. The molecule has 8 nitrogen and oxygen atoms in total. The molecule has 1 atom stereocenters. The number of nitrogens with one attached hydrogen (secondary N) is 2. The molecule has 2 N–H and O–H groups in total. The smallest absolute Gasteiger partial charge is 0.212 e. The van der Waals surface area contributed by atoms with E-state index in [1.165, 1.54) is 16.1 Å². The van der Waals surface area contributed by atoms with Gasteiger partial charge in [-0.2, -0.15) is 4.31 Å². The van der Waals surface area contributed by atoms with E-state index in [0.717, 1.165) is 54.8 Å². The first-order valence-electron chi connectivity index (χ1n) is 11.1. The van der Waals surface area contributed by atoms with E-state index in [9.17, 15) is 8.42 Å². The number of hydrogen-bond donors (Lipinski definition) is 2. The first kappa shape index (κ1) is 21.4. The van der Waals surface area contributed by atoms with Gasteiger partial charge >= 0.3 is 0 Å². The Kier molecular flexibility index (Phi) is 5.66. The van der Waals surface area contributed by atoms with Crippen molar-refractivity contribution in [2.75, 3.05) is 31.8 Å². The molecular formula is C23H30N6O2S. The molecule has 2 aliphatic rings. The molecular weight excluding hydrogens is 424 g/mol. The molecule has 0 radical (unpaired) electrons. The Bertz CT molecular complexity index is 1190. The van der Waals surface area contributed by atoms with E-state index in [0.29, 0.717) is 6.54 Å². The normalized spacial score (nSPS) is 19.3. The van der Waals surface area contributed by atoms with Gasteiger partial charge in [-0.05, 0) is 43.5 Å². The summed E-state index contributed by atoms with van der Waals surface area (Å²) in [5, 5.41) is 3.16. The van der Waals surface area contributed by atoms with Crippen molar-refractivity contribution in [2.45, 2.75) is 32.1 Å². The monoisotopic (exact) mass is 454 g/mol. The van der Waals surface area contributed by atoms with Crippen molar-refractivity contribution in [2.24, 2.45) is 5.92 Å². The lowest BCUT2D eigenvalue weighted by Gasteiger charge is -2.42. The van der Waals surface area contributed by atoms with Gasteiger partial charge in [0.15, 0.2) is 0 Å². The Labute approximate surface area is 189 Å². The summed E-state index contributed by atoms with van der Waals surface area (Å²) in [5.74, 6) is 0.234. The van der Waals surface area contributed by atoms with E-state index in [2.05, 4.69) is 49.6 Å². The summed E-state index contributed by atoms with van der Waals surface area (Å²) in [5.41, 5.74) is 7.73. The molecule has 5 rings (SSSR count). The number of aromatic nitrogens is 2. The van der Waals surface area contributed by atoms with Crippen molar-refractivity contribution in [3.05, 3.63) is 59.9 Å². The van der Waals surface area contributed by atoms with Crippen molar-refractivity contribution in [1.82, 2.24) is 24.2 Å². The van der Waals surface area contributed by atoms with E-state index in [1.807, 2.05) is 24.5 Å². The molecule has 1 aromatic carbocycles. The van der Waals surface area contributed by atoms with Crippen molar-refractivity contribution >= 4 is 26.7 Å². The van der Waals surface area contributed by atoms with E-state index in [4.69, 9.17) is 0 Å². The zero-order valence-corrected chi connectivity index (χ0v) is 19.3. The summed E-state index contributed by atoms with van der Waals surface area (Å²) in [6.45, 7) is 3.49. The highest BCUT2D eigenvalue weighted by Crippen LogP contribution is 2.36. The van der Waals surface area contributed by atoms with Gasteiger partial charge < -0.3 is 10.4 Å². The van der Waals surface area contributed by atoms with Gasteiger partial charge in [0, 0.05) is 37.3 Å². The minimum absolute atomic E-state index is 0.234. The fourth-order valence-corrected chi connectivity index (χ4v) is 5.73. The number of hydrazine groups is 1. The Morgan fingerprint density at radius 3 is 2.66 bits per heavy atom. The molecule has 1 unspecified atom stereocenters. The van der Waals surface area contributed by atoms with Crippen LogP contribution in [0.25, 0.3) is 11.0 Å². The predicted octanol–water partition coefficient (Wildman–Crippen LogP) is 2.84. The zero-order valence-electron chi connectivity index (χ0n) is 18.5. The number of H-pyrrole nitrogens is 1. The van der Waals surface area contributed by atoms with Crippen molar-refractivity contribution in [3.63, 3.8) is 0 Å². The van der Waals surface area contributed by atoms with Gasteiger partial charge in [0.2, 0.25) is 10.0 Å². The fourth-order valence-electron chi connectivity index (χ4n) is 5.05. The van der Waals surface area contributed by atoms with Crippen LogP contribution in [0.1, 0.15) is 24.0 Å². The minimum atomic E-state index is -3.35. The molecule has 0 saturated carbocycles. The number of nitrogens with zero attached hydrogens (tertiary/aromatic N) is 4. The molecule has 1 fully saturated rings. The van der Waals surface area contributed by atoms with Crippen LogP contribution in [0.15, 0.2) is 48.8 Å². The molecule has 0 bridgehead atoms. The van der Waals surface area contributed by atoms with Crippen LogP contribution < -0.4 is 5.43 Å². The quantitative estimate of drug-likeness (QED) is 0.596. The van der Waals surface area contributed by atoms with E-state index in [1.54, 1.807) is 7.05 Å². The summed E-state index contributed by atoms with van der Waals surface area (Å²) in [7, 11) is -1.65. The largest absolute Gasteiger partial charge is 0.346 e. The standard InChI is InChI=1S/C23H30N6O2S/c1-27(32(2,30)31)23(18-9-12-28(13-10-18)15-17-6-4-3-5-7-17)29-16-20-19-8-11-24-22(19)25-14-21(20)26-29/h3-8,11,14,18,23,26H,9-10,12-13,15-16H2,1-2H3,(H,24,25). The third-order valence-electron chi connectivity index (χ3n) is 6.81. The molecule has 170 valence electrons. The fraction of sp³-hybridized carbons (Fsp3) is 0.435. The average molecular weight is 455 g/mol. The first-order chi connectivity index (χ1) is 15.4. The molecule has 9 heteroatoms. The Balaban J connectivity index is 1.34. The summed E-state index contributed by atoms with van der Waals surface area (Å²) in [6, 6.07) is 12.5. The maximum absolute atomic E-state index is 12.6. The van der Waals surface area contributed by atoms with Crippen molar-refractivity contribution < 1.29 is 8.42 Å². The second-order valence-electron chi connectivity index (χ2n) is 8.92. The van der Waals surface area contributed by atoms with Gasteiger partial charge in [-0.25, -0.2) is 18.4 Å². The van der Waals surface area contributed by atoms with Gasteiger partial charge in [0.1, 0.15) is 5.65 Å². The highest BCUT2D eigenvalue weighted by molar-refractivity contribution is 7.88. The number of fused-ring (bicyclic) bond motifs is 3. The lowest BCUT2D eigenvalue weighted by atomic mass is 9.92. The maximum Gasteiger partial charge on any atom is 0.212 e. The molecule has 2 aliphatic heterocycles. The number of pyridine rings is 1. The maximum atomic E-state index is 12.6. The van der Waals surface area contributed by atoms with E-state index in [-0.39, 0.29) is 12.1 Å². The van der Waals surface area contributed by atoms with E-state index >= 15 is 0 Å². The summed E-state index contributed by atoms with van der Waals surface area (Å²) < 4.78 is 26.7. The predicted molar refractivity (Wildman–Crippen MR) is 126 cm³/mol. The van der Waals surface area contributed by atoms with Crippen LogP contribution in [0, 0.1) is 5.92 Å². The molecule has 3 aromatic rings. The average Bonchev–Trinajstić information content (AvgIpc) is 3.41. The number of sulfonamides is 1. The Hall–Kier alpha value is -2.46. The Morgan fingerprint density at radius 2 is 1.94 bits per heavy atom. The second kappa shape index (κ2) is 8.47. The lowest BCUT2D eigenvalue weighted by molar-refractivity contribution is 0.0442. The van der Waals surface area contributed by atoms with Gasteiger partial charge in [-0.15, -0.1) is 0 Å². The van der Waals surface area contributed by atoms with Crippen LogP contribution in [0.5, 0.6) is 0 Å². The van der Waals surface area contributed by atoms with Crippen LogP contribution in [-0.4, -0.2) is 65.2 Å². The van der Waals surface area contributed by atoms with Crippen molar-refractivity contribution in [1.29, 1.82) is 0 Å². The van der Waals surface area contributed by atoms with Crippen LogP contribution in [-0.2, 0) is 23.1 Å². The van der Waals surface area contributed by atoms with Crippen LogP contribution in [0.2, 0.25) is 0 Å². The number of aromatic amines is 1. The number of likely N-dealkylation sites (tertiary alicyclic amines) is 1. The SMILES string of the molecule is CN(C(C1CCN(Cc2ccccc2)CC1)N1Cc2c(cnc3[nH]ccc23)N1)S(C)(=O)=O. The van der Waals surface area contributed by atoms with Crippen molar-refractivity contribution in [3.8, 4) is 0 Å². The number of hydrogen-bond acceptors (Lipinski definition) is 6. The van der Waals surface area contributed by atoms with Crippen LogP contribution in [0.3, 0.4) is 0 Å². The van der Waals surface area contributed by atoms with Gasteiger partial charge in [-0.3, -0.25) is 4.90 Å². The van der Waals surface area contributed by atoms with Gasteiger partial charge in [0.25, 0.3) is 0 Å². The molecule has 1 saturated heterocycles. The molecule has 32 heavy (non-hydrogen) atoms. The van der Waals surface area contributed by atoms with Gasteiger partial charge in [0.05, 0.1) is 24.3 Å². The summed E-state index contributed by atoms with van der Waals surface area (Å²) >= 11 is 0. The molecule has 4 heterocycles.